The van der Waals surface area contributed by atoms with Gasteiger partial charge in [0, 0.05) is 11.1 Å². The summed E-state index contributed by atoms with van der Waals surface area (Å²) in [4.78, 5) is 0. The molecule has 9 rings (SSSR count). The summed E-state index contributed by atoms with van der Waals surface area (Å²) in [5.41, 5.74) is 6.43. The van der Waals surface area contributed by atoms with Crippen LogP contribution in [-0.4, -0.2) is 0 Å². The summed E-state index contributed by atoms with van der Waals surface area (Å²) in [7, 11) is 0. The van der Waals surface area contributed by atoms with Gasteiger partial charge >= 0.3 is 0 Å². The lowest BCUT2D eigenvalue weighted by atomic mass is 9.84. The molecule has 0 aliphatic heterocycles. The largest absolute Gasteiger partial charge is 0.0696 e. The minimum absolute atomic E-state index is 0.678. The van der Waals surface area contributed by atoms with E-state index in [0.29, 0.717) is 5.92 Å². The van der Waals surface area contributed by atoms with Gasteiger partial charge in [0.15, 0.2) is 0 Å². The average molecular weight is 519 g/mol. The molecule has 0 atom stereocenters. The van der Waals surface area contributed by atoms with E-state index < -0.39 is 0 Å². The topological polar surface area (TPSA) is 0 Å². The third-order valence-corrected chi connectivity index (χ3v) is 9.05. The van der Waals surface area contributed by atoms with Crippen LogP contribution in [-0.2, 0) is 0 Å². The molecule has 0 aromatic heterocycles. The lowest BCUT2D eigenvalue weighted by Crippen LogP contribution is -1.92. The normalized spacial score (nSPS) is 13.4. The second-order valence-electron chi connectivity index (χ2n) is 11.4. The molecular formula is C41H26. The molecule has 8 aromatic rings. The second-order valence-corrected chi connectivity index (χ2v) is 11.4. The van der Waals surface area contributed by atoms with Gasteiger partial charge < -0.3 is 0 Å². The van der Waals surface area contributed by atoms with Crippen LogP contribution in [0.1, 0.15) is 24.3 Å². The number of benzene rings is 7. The Balaban J connectivity index is 1.42. The Labute approximate surface area is 239 Å². The number of fused-ring (bicyclic) bond motifs is 6. The molecule has 0 nitrogen and oxygen atoms in total. The van der Waals surface area contributed by atoms with Crippen molar-refractivity contribution in [3.05, 3.63) is 145 Å². The maximum atomic E-state index is 3.39. The van der Waals surface area contributed by atoms with Crippen molar-refractivity contribution in [2.24, 2.45) is 0 Å². The summed E-state index contributed by atoms with van der Waals surface area (Å²) in [5.74, 6) is 0.678. The van der Waals surface area contributed by atoms with E-state index in [9.17, 15) is 0 Å². The molecule has 0 N–H and O–H groups in total. The Kier molecular flexibility index (Phi) is 4.80. The summed E-state index contributed by atoms with van der Waals surface area (Å²) in [6.45, 7) is 0. The zero-order valence-corrected chi connectivity index (χ0v) is 22.6. The highest BCUT2D eigenvalue weighted by Gasteiger charge is 2.28. The molecule has 0 spiro atoms. The predicted octanol–water partition coefficient (Wildman–Crippen LogP) is 11.3. The monoisotopic (exact) mass is 518 g/mol. The van der Waals surface area contributed by atoms with Gasteiger partial charge in [0.1, 0.15) is 0 Å². The SMILES string of the molecule is c1cccc(-c2c3ccccc3c(-c3cccc4c3ccc3c(C5CC5)c5ccccc5cc34)c3ccccc23)c#1. The maximum Gasteiger partial charge on any atom is 0.0333 e. The first-order chi connectivity index (χ1) is 20.4. The molecule has 0 radical (unpaired) electrons. The highest BCUT2D eigenvalue weighted by Crippen LogP contribution is 2.49. The van der Waals surface area contributed by atoms with Gasteiger partial charge in [0.25, 0.3) is 0 Å². The highest BCUT2D eigenvalue weighted by atomic mass is 14.3. The molecule has 1 aliphatic carbocycles. The Bertz CT molecular complexity index is 2250. The zero-order valence-electron chi connectivity index (χ0n) is 22.6. The van der Waals surface area contributed by atoms with Gasteiger partial charge in [-0.2, -0.15) is 0 Å². The van der Waals surface area contributed by atoms with Gasteiger partial charge in [-0.15, -0.1) is 0 Å². The molecule has 1 aliphatic rings. The third-order valence-electron chi connectivity index (χ3n) is 9.05. The summed E-state index contributed by atoms with van der Waals surface area (Å²) < 4.78 is 0. The molecule has 0 heterocycles. The standard InChI is InChI=1S/C41H26/c1-2-11-26(12-3-1)40-33-15-6-8-17-35(33)41(36-18-9-7-16-34(36)40)32-20-10-19-30-31(32)23-24-37-38(30)25-28-13-4-5-14-29(28)39(37)27-21-22-27/h1-2,4-11,13-20,23-25,27H,21-22H2. The molecular weight excluding hydrogens is 492 g/mol. The minimum atomic E-state index is 0.678. The first-order valence-electron chi connectivity index (χ1n) is 14.6. The molecule has 0 saturated heterocycles. The van der Waals surface area contributed by atoms with Gasteiger partial charge in [-0.25, -0.2) is 0 Å². The fourth-order valence-corrected chi connectivity index (χ4v) is 7.18. The van der Waals surface area contributed by atoms with Crippen LogP contribution in [0.2, 0.25) is 0 Å². The van der Waals surface area contributed by atoms with Gasteiger partial charge in [-0.1, -0.05) is 121 Å². The quantitative estimate of drug-likeness (QED) is 0.161. The average Bonchev–Trinajstić information content (AvgIpc) is 3.88. The first-order valence-corrected chi connectivity index (χ1v) is 14.6. The summed E-state index contributed by atoms with van der Waals surface area (Å²) in [6, 6.07) is 53.4. The molecule has 41 heavy (non-hydrogen) atoms. The van der Waals surface area contributed by atoms with E-state index in [2.05, 4.69) is 133 Å². The Morgan fingerprint density at radius 3 is 1.78 bits per heavy atom. The zero-order chi connectivity index (χ0) is 26.9. The number of hydrogen-bond acceptors (Lipinski definition) is 0. The van der Waals surface area contributed by atoms with Crippen molar-refractivity contribution in [3.63, 3.8) is 0 Å². The van der Waals surface area contributed by atoms with Gasteiger partial charge in [-0.05, 0) is 108 Å². The van der Waals surface area contributed by atoms with E-state index in [1.54, 1.807) is 5.56 Å². The van der Waals surface area contributed by atoms with Gasteiger partial charge in [0.05, 0.1) is 0 Å². The van der Waals surface area contributed by atoms with Crippen molar-refractivity contribution in [2.75, 3.05) is 0 Å². The molecule has 8 aromatic carbocycles. The molecule has 1 saturated carbocycles. The van der Waals surface area contributed by atoms with E-state index >= 15 is 0 Å². The minimum Gasteiger partial charge on any atom is -0.0696 e. The molecule has 0 bridgehead atoms. The van der Waals surface area contributed by atoms with E-state index in [0.717, 1.165) is 5.56 Å². The summed E-state index contributed by atoms with van der Waals surface area (Å²) >= 11 is 0. The summed E-state index contributed by atoms with van der Waals surface area (Å²) in [6.07, 6.45) is 2.59. The predicted molar refractivity (Wildman–Crippen MR) is 174 cm³/mol. The van der Waals surface area contributed by atoms with E-state index in [-0.39, 0.29) is 0 Å². The fraction of sp³-hybridized carbons (Fsp3) is 0.0732. The van der Waals surface area contributed by atoms with Crippen molar-refractivity contribution in [1.82, 2.24) is 0 Å². The Morgan fingerprint density at radius 1 is 0.463 bits per heavy atom. The van der Waals surface area contributed by atoms with Crippen LogP contribution < -0.4 is 0 Å². The van der Waals surface area contributed by atoms with Crippen LogP contribution in [0.3, 0.4) is 0 Å². The van der Waals surface area contributed by atoms with Gasteiger partial charge in [0.2, 0.25) is 0 Å². The van der Waals surface area contributed by atoms with Crippen molar-refractivity contribution in [1.29, 1.82) is 0 Å². The van der Waals surface area contributed by atoms with E-state index in [1.807, 2.05) is 6.07 Å². The maximum absolute atomic E-state index is 3.39. The van der Waals surface area contributed by atoms with Crippen LogP contribution in [0.15, 0.2) is 127 Å². The van der Waals surface area contributed by atoms with Crippen molar-refractivity contribution in [3.8, 4) is 22.3 Å². The Morgan fingerprint density at radius 2 is 1.10 bits per heavy atom. The van der Waals surface area contributed by atoms with Crippen LogP contribution in [0, 0.1) is 12.1 Å². The first kappa shape index (κ1) is 22.7. The number of hydrogen-bond donors (Lipinski definition) is 0. The fourth-order valence-electron chi connectivity index (χ4n) is 7.18. The molecule has 1 fully saturated rings. The molecule has 0 unspecified atom stereocenters. The van der Waals surface area contributed by atoms with Crippen LogP contribution in [0.4, 0.5) is 0 Å². The Hall–Kier alpha value is -5.12. The van der Waals surface area contributed by atoms with Crippen LogP contribution in [0.5, 0.6) is 0 Å². The van der Waals surface area contributed by atoms with Crippen molar-refractivity contribution in [2.45, 2.75) is 18.8 Å². The molecule has 0 amide bonds. The van der Waals surface area contributed by atoms with Gasteiger partial charge in [-0.3, -0.25) is 0 Å². The summed E-state index contributed by atoms with van der Waals surface area (Å²) in [5, 5.41) is 13.2. The molecule has 190 valence electrons. The highest BCUT2D eigenvalue weighted by molar-refractivity contribution is 6.25. The molecule has 0 heteroatoms. The second kappa shape index (κ2) is 8.69. The van der Waals surface area contributed by atoms with Crippen molar-refractivity contribution < 1.29 is 0 Å². The number of rotatable bonds is 3. The van der Waals surface area contributed by atoms with Crippen molar-refractivity contribution >= 4 is 53.9 Å². The third kappa shape index (κ3) is 3.36. The lowest BCUT2D eigenvalue weighted by Gasteiger charge is -2.19. The van der Waals surface area contributed by atoms with Crippen LogP contribution >= 0.6 is 0 Å². The van der Waals surface area contributed by atoms with Crippen LogP contribution in [0.25, 0.3) is 76.1 Å². The van der Waals surface area contributed by atoms with E-state index in [4.69, 9.17) is 0 Å². The lowest BCUT2D eigenvalue weighted by molar-refractivity contribution is 1.17. The van der Waals surface area contributed by atoms with E-state index in [1.165, 1.54) is 83.4 Å². The smallest absolute Gasteiger partial charge is 0.0333 e.